The zero-order valence-electron chi connectivity index (χ0n) is 9.59. The second-order valence-electron chi connectivity index (χ2n) is 4.37. The molecule has 0 amide bonds. The molecule has 5 nitrogen and oxygen atoms in total. The quantitative estimate of drug-likeness (QED) is 0.852. The second-order valence-corrected chi connectivity index (χ2v) is 6.05. The van der Waals surface area contributed by atoms with E-state index in [2.05, 4.69) is 9.71 Å². The number of nitrogen functional groups attached to an aromatic ring is 1. The largest absolute Gasteiger partial charge is 0.398 e. The van der Waals surface area contributed by atoms with E-state index in [0.29, 0.717) is 0 Å². The van der Waals surface area contributed by atoms with Crippen molar-refractivity contribution >= 4 is 15.7 Å². The van der Waals surface area contributed by atoms with Gasteiger partial charge in [0.25, 0.3) is 0 Å². The summed E-state index contributed by atoms with van der Waals surface area (Å²) in [6, 6.07) is 1.53. The summed E-state index contributed by atoms with van der Waals surface area (Å²) in [5.74, 6) is 0. The van der Waals surface area contributed by atoms with Gasteiger partial charge in [0.15, 0.2) is 0 Å². The van der Waals surface area contributed by atoms with Gasteiger partial charge in [0, 0.05) is 18.4 Å². The standard InChI is InChI=1S/C11H17N3O2S/c12-10-6-7-13-8-11(10)17(15,16)14-9-4-2-1-3-5-9/h6-9,14H,1-5H2,(H2,12,13). The normalized spacial score (nSPS) is 18.1. The Kier molecular flexibility index (Phi) is 3.63. The first-order valence-electron chi connectivity index (χ1n) is 5.81. The molecule has 0 aliphatic heterocycles. The van der Waals surface area contributed by atoms with E-state index in [1.54, 1.807) is 0 Å². The molecule has 0 atom stereocenters. The van der Waals surface area contributed by atoms with Crippen LogP contribution in [0.5, 0.6) is 0 Å². The molecule has 1 aliphatic rings. The van der Waals surface area contributed by atoms with Crippen molar-refractivity contribution in [2.75, 3.05) is 5.73 Å². The zero-order chi connectivity index (χ0) is 12.3. The molecule has 0 saturated heterocycles. The van der Waals surface area contributed by atoms with E-state index < -0.39 is 10.0 Å². The van der Waals surface area contributed by atoms with Crippen LogP contribution in [0.4, 0.5) is 5.69 Å². The van der Waals surface area contributed by atoms with E-state index in [1.165, 1.54) is 24.9 Å². The molecule has 0 spiro atoms. The number of anilines is 1. The smallest absolute Gasteiger partial charge is 0.244 e. The Morgan fingerprint density at radius 3 is 2.65 bits per heavy atom. The van der Waals surface area contributed by atoms with Crippen LogP contribution in [0.1, 0.15) is 32.1 Å². The van der Waals surface area contributed by atoms with Crippen LogP contribution in [-0.4, -0.2) is 19.4 Å². The molecule has 0 bridgehead atoms. The number of hydrogen-bond acceptors (Lipinski definition) is 4. The number of nitrogens with two attached hydrogens (primary N) is 1. The lowest BCUT2D eigenvalue weighted by Gasteiger charge is -2.22. The summed E-state index contributed by atoms with van der Waals surface area (Å²) in [6.45, 7) is 0. The minimum absolute atomic E-state index is 0.0355. The van der Waals surface area contributed by atoms with Crippen LogP contribution in [-0.2, 0) is 10.0 Å². The van der Waals surface area contributed by atoms with Gasteiger partial charge in [-0.2, -0.15) is 0 Å². The fourth-order valence-electron chi connectivity index (χ4n) is 2.12. The van der Waals surface area contributed by atoms with Crippen molar-refractivity contribution in [3.8, 4) is 0 Å². The van der Waals surface area contributed by atoms with Crippen molar-refractivity contribution in [1.29, 1.82) is 0 Å². The minimum atomic E-state index is -3.53. The highest BCUT2D eigenvalue weighted by atomic mass is 32.2. The number of pyridine rings is 1. The monoisotopic (exact) mass is 255 g/mol. The van der Waals surface area contributed by atoms with Crippen LogP contribution in [0.2, 0.25) is 0 Å². The van der Waals surface area contributed by atoms with Crippen molar-refractivity contribution in [3.05, 3.63) is 18.5 Å². The summed E-state index contributed by atoms with van der Waals surface area (Å²) < 4.78 is 26.9. The second kappa shape index (κ2) is 5.01. The number of nitrogens with one attached hydrogen (secondary N) is 1. The molecule has 0 unspecified atom stereocenters. The molecule has 0 radical (unpaired) electrons. The first kappa shape index (κ1) is 12.3. The molecular formula is C11H17N3O2S. The fourth-order valence-corrected chi connectivity index (χ4v) is 3.50. The molecule has 1 aromatic heterocycles. The highest BCUT2D eigenvalue weighted by Crippen LogP contribution is 2.21. The van der Waals surface area contributed by atoms with Gasteiger partial charge in [-0.1, -0.05) is 19.3 Å². The number of rotatable bonds is 3. The van der Waals surface area contributed by atoms with Gasteiger partial charge in [-0.25, -0.2) is 13.1 Å². The molecule has 1 aliphatic carbocycles. The summed E-state index contributed by atoms with van der Waals surface area (Å²) in [7, 11) is -3.53. The molecule has 17 heavy (non-hydrogen) atoms. The molecule has 1 heterocycles. The van der Waals surface area contributed by atoms with Crippen molar-refractivity contribution in [3.63, 3.8) is 0 Å². The predicted molar refractivity (Wildman–Crippen MR) is 65.8 cm³/mol. The van der Waals surface area contributed by atoms with Crippen LogP contribution >= 0.6 is 0 Å². The minimum Gasteiger partial charge on any atom is -0.398 e. The molecule has 1 fully saturated rings. The van der Waals surface area contributed by atoms with Crippen molar-refractivity contribution in [2.24, 2.45) is 0 Å². The van der Waals surface area contributed by atoms with E-state index in [4.69, 9.17) is 5.73 Å². The highest BCUT2D eigenvalue weighted by molar-refractivity contribution is 7.89. The summed E-state index contributed by atoms with van der Waals surface area (Å²) in [6.07, 6.45) is 7.92. The Bertz CT molecular complexity index is 481. The summed E-state index contributed by atoms with van der Waals surface area (Å²) in [4.78, 5) is 3.88. The third-order valence-corrected chi connectivity index (χ3v) is 4.60. The number of sulfonamides is 1. The maximum atomic E-state index is 12.1. The van der Waals surface area contributed by atoms with Crippen LogP contribution in [0.15, 0.2) is 23.4 Å². The van der Waals surface area contributed by atoms with Crippen molar-refractivity contribution < 1.29 is 8.42 Å². The van der Waals surface area contributed by atoms with E-state index in [9.17, 15) is 8.42 Å². The van der Waals surface area contributed by atoms with Gasteiger partial charge >= 0.3 is 0 Å². The molecular weight excluding hydrogens is 238 g/mol. The lowest BCUT2D eigenvalue weighted by atomic mass is 9.96. The molecule has 94 valence electrons. The number of nitrogens with zero attached hydrogens (tertiary/aromatic N) is 1. The van der Waals surface area contributed by atoms with Gasteiger partial charge in [0.2, 0.25) is 10.0 Å². The molecule has 0 aromatic carbocycles. The summed E-state index contributed by atoms with van der Waals surface area (Å²) in [5.41, 5.74) is 5.89. The lowest BCUT2D eigenvalue weighted by Crippen LogP contribution is -2.36. The number of aromatic nitrogens is 1. The van der Waals surface area contributed by atoms with Crippen LogP contribution in [0.25, 0.3) is 0 Å². The lowest BCUT2D eigenvalue weighted by molar-refractivity contribution is 0.412. The molecule has 3 N–H and O–H groups in total. The first-order valence-corrected chi connectivity index (χ1v) is 7.30. The molecule has 2 rings (SSSR count). The van der Waals surface area contributed by atoms with Crippen LogP contribution in [0.3, 0.4) is 0 Å². The Morgan fingerprint density at radius 2 is 2.00 bits per heavy atom. The number of hydrogen-bond donors (Lipinski definition) is 2. The van der Waals surface area contributed by atoms with Gasteiger partial charge in [0.1, 0.15) is 4.90 Å². The van der Waals surface area contributed by atoms with E-state index in [0.717, 1.165) is 25.7 Å². The van der Waals surface area contributed by atoms with Crippen molar-refractivity contribution in [1.82, 2.24) is 9.71 Å². The third kappa shape index (κ3) is 2.95. The Morgan fingerprint density at radius 1 is 1.29 bits per heavy atom. The van der Waals surface area contributed by atoms with Gasteiger partial charge in [-0.3, -0.25) is 4.98 Å². The predicted octanol–water partition coefficient (Wildman–Crippen LogP) is 1.27. The highest BCUT2D eigenvalue weighted by Gasteiger charge is 2.23. The maximum Gasteiger partial charge on any atom is 0.244 e. The van der Waals surface area contributed by atoms with Crippen LogP contribution in [0, 0.1) is 0 Å². The Hall–Kier alpha value is -1.14. The SMILES string of the molecule is Nc1ccncc1S(=O)(=O)NC1CCCCC1. The maximum absolute atomic E-state index is 12.1. The van der Waals surface area contributed by atoms with Gasteiger partial charge in [-0.05, 0) is 18.9 Å². The fraction of sp³-hybridized carbons (Fsp3) is 0.545. The van der Waals surface area contributed by atoms with Crippen LogP contribution < -0.4 is 10.5 Å². The third-order valence-electron chi connectivity index (χ3n) is 3.03. The molecule has 6 heteroatoms. The summed E-state index contributed by atoms with van der Waals surface area (Å²) >= 11 is 0. The van der Waals surface area contributed by atoms with E-state index in [-0.39, 0.29) is 16.6 Å². The topological polar surface area (TPSA) is 85.1 Å². The van der Waals surface area contributed by atoms with E-state index in [1.807, 2.05) is 0 Å². The molecule has 1 aromatic rings. The zero-order valence-corrected chi connectivity index (χ0v) is 10.4. The van der Waals surface area contributed by atoms with E-state index >= 15 is 0 Å². The molecule has 1 saturated carbocycles. The summed E-state index contributed by atoms with van der Waals surface area (Å²) in [5, 5.41) is 0. The Labute approximate surface area is 101 Å². The average molecular weight is 255 g/mol. The average Bonchev–Trinajstić information content (AvgIpc) is 2.30. The Balaban J connectivity index is 2.16. The van der Waals surface area contributed by atoms with Gasteiger partial charge in [0.05, 0.1) is 5.69 Å². The van der Waals surface area contributed by atoms with Gasteiger partial charge < -0.3 is 5.73 Å². The van der Waals surface area contributed by atoms with Gasteiger partial charge in [-0.15, -0.1) is 0 Å². The first-order chi connectivity index (χ1) is 8.09. The van der Waals surface area contributed by atoms with Crippen molar-refractivity contribution in [2.45, 2.75) is 43.0 Å².